The fraction of sp³-hybridized carbons (Fsp3) is 0.312. The van der Waals surface area contributed by atoms with Crippen LogP contribution in [0.1, 0.15) is 31.1 Å². The highest BCUT2D eigenvalue weighted by molar-refractivity contribution is 5.91. The normalized spacial score (nSPS) is 17.4. The molecule has 2 amide bonds. The number of nitrogens with one attached hydrogen (secondary N) is 2. The molecule has 0 spiro atoms. The van der Waals surface area contributed by atoms with E-state index in [2.05, 4.69) is 30.4 Å². The Bertz CT molecular complexity index is 830. The predicted octanol–water partition coefficient (Wildman–Crippen LogP) is 2.14. The second-order valence-corrected chi connectivity index (χ2v) is 5.82. The minimum atomic E-state index is -0.171. The molecule has 1 atom stereocenters. The lowest BCUT2D eigenvalue weighted by Gasteiger charge is -2.34. The fourth-order valence-electron chi connectivity index (χ4n) is 3.10. The molecule has 4 heterocycles. The van der Waals surface area contributed by atoms with Crippen LogP contribution in [0.15, 0.2) is 43.4 Å². The number of hydrogen-bond donors (Lipinski definition) is 2. The molecular formula is C16H18N8O. The molecule has 0 unspecified atom stereocenters. The lowest BCUT2D eigenvalue weighted by atomic mass is 10.0. The van der Waals surface area contributed by atoms with Crippen LogP contribution in [0, 0.1) is 0 Å². The third kappa shape index (κ3) is 3.08. The van der Waals surface area contributed by atoms with Gasteiger partial charge in [-0.15, -0.1) is 0 Å². The van der Waals surface area contributed by atoms with E-state index in [1.807, 2.05) is 4.90 Å². The molecule has 0 radical (unpaired) electrons. The summed E-state index contributed by atoms with van der Waals surface area (Å²) in [5, 5.41) is 7.04. The van der Waals surface area contributed by atoms with E-state index in [0.717, 1.165) is 25.1 Å². The molecule has 9 heteroatoms. The van der Waals surface area contributed by atoms with Crippen molar-refractivity contribution in [2.75, 3.05) is 11.9 Å². The van der Waals surface area contributed by atoms with Gasteiger partial charge in [-0.05, 0) is 31.4 Å². The third-order valence-electron chi connectivity index (χ3n) is 4.26. The first-order valence-corrected chi connectivity index (χ1v) is 8.20. The summed E-state index contributed by atoms with van der Waals surface area (Å²) in [4.78, 5) is 30.4. The lowest BCUT2D eigenvalue weighted by Crippen LogP contribution is -2.41. The van der Waals surface area contributed by atoms with Crippen LogP contribution in [0.4, 0.5) is 10.5 Å². The lowest BCUT2D eigenvalue weighted by molar-refractivity contribution is 0.160. The molecule has 2 N–H and O–H groups in total. The van der Waals surface area contributed by atoms with Crippen molar-refractivity contribution in [3.05, 3.63) is 49.2 Å². The number of aromatic amines is 1. The average Bonchev–Trinajstić information content (AvgIpc) is 3.36. The van der Waals surface area contributed by atoms with Gasteiger partial charge in [0.2, 0.25) is 0 Å². The van der Waals surface area contributed by atoms with Crippen LogP contribution in [0.2, 0.25) is 0 Å². The Morgan fingerprint density at radius 1 is 1.28 bits per heavy atom. The topological polar surface area (TPSA) is 105 Å². The van der Waals surface area contributed by atoms with E-state index in [9.17, 15) is 4.79 Å². The summed E-state index contributed by atoms with van der Waals surface area (Å²) in [7, 11) is 0. The second-order valence-electron chi connectivity index (χ2n) is 5.82. The molecule has 3 aromatic rings. The van der Waals surface area contributed by atoms with Gasteiger partial charge in [-0.3, -0.25) is 0 Å². The largest absolute Gasteiger partial charge is 0.347 e. The Hall–Kier alpha value is -3.23. The molecule has 4 rings (SSSR count). The third-order valence-corrected chi connectivity index (χ3v) is 4.26. The van der Waals surface area contributed by atoms with Gasteiger partial charge < -0.3 is 15.2 Å². The van der Waals surface area contributed by atoms with Crippen LogP contribution in [0.5, 0.6) is 0 Å². The summed E-state index contributed by atoms with van der Waals surface area (Å²) in [6, 6.07) is 3.36. The Morgan fingerprint density at radius 3 is 3.04 bits per heavy atom. The Labute approximate surface area is 144 Å². The summed E-state index contributed by atoms with van der Waals surface area (Å²) in [6.45, 7) is 0.691. The molecule has 1 saturated heterocycles. The molecule has 9 nitrogen and oxygen atoms in total. The van der Waals surface area contributed by atoms with Crippen LogP contribution in [-0.4, -0.2) is 47.2 Å². The molecule has 1 aliphatic heterocycles. The van der Waals surface area contributed by atoms with Gasteiger partial charge in [-0.1, -0.05) is 0 Å². The molecule has 1 aliphatic rings. The van der Waals surface area contributed by atoms with Crippen LogP contribution in [0.25, 0.3) is 5.82 Å². The number of amides is 2. The number of carbonyl (C=O) groups is 1. The van der Waals surface area contributed by atoms with Crippen LogP contribution < -0.4 is 5.32 Å². The minimum Gasteiger partial charge on any atom is -0.347 e. The number of aromatic nitrogens is 6. The van der Waals surface area contributed by atoms with Crippen molar-refractivity contribution < 1.29 is 4.79 Å². The number of imidazole rings is 1. The highest BCUT2D eigenvalue weighted by atomic mass is 16.2. The summed E-state index contributed by atoms with van der Waals surface area (Å²) >= 11 is 0. The maximum Gasteiger partial charge on any atom is 0.322 e. The van der Waals surface area contributed by atoms with E-state index in [4.69, 9.17) is 0 Å². The quantitative estimate of drug-likeness (QED) is 0.761. The first-order valence-electron chi connectivity index (χ1n) is 8.20. The van der Waals surface area contributed by atoms with Crippen molar-refractivity contribution in [2.45, 2.75) is 25.3 Å². The number of nitrogens with zero attached hydrogens (tertiary/aromatic N) is 6. The smallest absolute Gasteiger partial charge is 0.322 e. The van der Waals surface area contributed by atoms with Crippen LogP contribution in [0.3, 0.4) is 0 Å². The molecule has 128 valence electrons. The zero-order chi connectivity index (χ0) is 17.1. The van der Waals surface area contributed by atoms with Gasteiger partial charge in [0.1, 0.15) is 18.5 Å². The first kappa shape index (κ1) is 15.3. The number of rotatable bonds is 3. The molecule has 0 aliphatic carbocycles. The molecule has 0 bridgehead atoms. The number of hydrogen-bond acceptors (Lipinski definition) is 5. The predicted molar refractivity (Wildman–Crippen MR) is 90.1 cm³/mol. The van der Waals surface area contributed by atoms with E-state index in [1.165, 1.54) is 11.0 Å². The summed E-state index contributed by atoms with van der Waals surface area (Å²) in [5.41, 5.74) is 0.585. The number of urea groups is 1. The first-order chi connectivity index (χ1) is 12.3. The molecule has 25 heavy (non-hydrogen) atoms. The number of H-pyrrole nitrogens is 1. The fourth-order valence-corrected chi connectivity index (χ4v) is 3.10. The van der Waals surface area contributed by atoms with E-state index in [1.54, 1.807) is 37.1 Å². The highest BCUT2D eigenvalue weighted by Crippen LogP contribution is 2.29. The highest BCUT2D eigenvalue weighted by Gasteiger charge is 2.30. The monoisotopic (exact) mass is 338 g/mol. The average molecular weight is 338 g/mol. The molecule has 0 aromatic carbocycles. The standard InChI is InChI=1S/C16H18N8O/c25-16(23-9-2-1-5-13(23)14-18-7-8-19-14)22-12-4-3-6-20-15(12)24-11-17-10-21-24/h3-4,6-8,10-11,13H,1-2,5,9H2,(H,18,19)(H,22,25)/t13-/m0/s1. The molecular weight excluding hydrogens is 320 g/mol. The van der Waals surface area contributed by atoms with Gasteiger partial charge in [0, 0.05) is 25.1 Å². The number of likely N-dealkylation sites (tertiary alicyclic amines) is 1. The number of pyridine rings is 1. The maximum atomic E-state index is 12.9. The van der Waals surface area contributed by atoms with E-state index in [-0.39, 0.29) is 12.1 Å². The van der Waals surface area contributed by atoms with Crippen LogP contribution >= 0.6 is 0 Å². The van der Waals surface area contributed by atoms with Crippen molar-refractivity contribution in [3.8, 4) is 5.82 Å². The minimum absolute atomic E-state index is 0.0461. The number of piperidine rings is 1. The molecule has 0 saturated carbocycles. The Morgan fingerprint density at radius 2 is 2.24 bits per heavy atom. The SMILES string of the molecule is O=C(Nc1cccnc1-n1cncn1)N1CCCC[C@H]1c1ncc[nH]1. The Kier molecular flexibility index (Phi) is 4.11. The summed E-state index contributed by atoms with van der Waals surface area (Å²) in [5.74, 6) is 1.34. The molecule has 3 aromatic heterocycles. The van der Waals surface area contributed by atoms with E-state index >= 15 is 0 Å². The van der Waals surface area contributed by atoms with Gasteiger partial charge in [-0.2, -0.15) is 5.10 Å². The maximum absolute atomic E-state index is 12.9. The number of carbonyl (C=O) groups excluding carboxylic acids is 1. The van der Waals surface area contributed by atoms with Gasteiger partial charge >= 0.3 is 6.03 Å². The Balaban J connectivity index is 1.57. The van der Waals surface area contributed by atoms with Crippen molar-refractivity contribution in [1.29, 1.82) is 0 Å². The van der Waals surface area contributed by atoms with E-state index in [0.29, 0.717) is 18.1 Å². The zero-order valence-corrected chi connectivity index (χ0v) is 13.5. The van der Waals surface area contributed by atoms with Gasteiger partial charge in [0.15, 0.2) is 5.82 Å². The zero-order valence-electron chi connectivity index (χ0n) is 13.5. The number of anilines is 1. The molecule has 1 fully saturated rings. The van der Waals surface area contributed by atoms with Crippen molar-refractivity contribution in [2.24, 2.45) is 0 Å². The van der Waals surface area contributed by atoms with Crippen molar-refractivity contribution >= 4 is 11.7 Å². The van der Waals surface area contributed by atoms with Gasteiger partial charge in [0.25, 0.3) is 0 Å². The van der Waals surface area contributed by atoms with Crippen molar-refractivity contribution in [3.63, 3.8) is 0 Å². The van der Waals surface area contributed by atoms with Crippen LogP contribution in [-0.2, 0) is 0 Å². The second kappa shape index (κ2) is 6.71. The van der Waals surface area contributed by atoms with E-state index < -0.39 is 0 Å². The van der Waals surface area contributed by atoms with Crippen molar-refractivity contribution in [1.82, 2.24) is 34.6 Å². The van der Waals surface area contributed by atoms with Gasteiger partial charge in [0.05, 0.1) is 11.7 Å². The summed E-state index contributed by atoms with van der Waals surface area (Å²) in [6.07, 6.45) is 11.1. The van der Waals surface area contributed by atoms with Gasteiger partial charge in [-0.25, -0.2) is 24.4 Å². The summed E-state index contributed by atoms with van der Waals surface area (Å²) < 4.78 is 1.52.